The Hall–Kier alpha value is -2.59. The number of benzene rings is 1. The van der Waals surface area contributed by atoms with Gasteiger partial charge in [0.1, 0.15) is 0 Å². The first-order chi connectivity index (χ1) is 9.35. The van der Waals surface area contributed by atoms with Gasteiger partial charge >= 0.3 is 0 Å². The first kappa shape index (κ1) is 12.9. The summed E-state index contributed by atoms with van der Waals surface area (Å²) in [6, 6.07) is 16.2. The molecule has 0 amide bonds. The van der Waals surface area contributed by atoms with Crippen LogP contribution < -0.4 is 0 Å². The molecule has 1 heterocycles. The number of hydrogen-bond acceptors (Lipinski definition) is 3. The summed E-state index contributed by atoms with van der Waals surface area (Å²) in [7, 11) is 0. The highest BCUT2D eigenvalue weighted by Gasteiger charge is 2.09. The topological polar surface area (TPSA) is 65.4 Å². The SMILES string of the molecule is N#CCCc1cc(-c2ccccc2)n(CCC#N)n1. The van der Waals surface area contributed by atoms with E-state index in [1.807, 2.05) is 41.1 Å². The van der Waals surface area contributed by atoms with Crippen molar-refractivity contribution in [1.82, 2.24) is 9.78 Å². The van der Waals surface area contributed by atoms with Gasteiger partial charge in [-0.3, -0.25) is 4.68 Å². The van der Waals surface area contributed by atoms with Crippen molar-refractivity contribution in [2.24, 2.45) is 0 Å². The van der Waals surface area contributed by atoms with Gasteiger partial charge in [-0.15, -0.1) is 0 Å². The molecule has 0 unspecified atom stereocenters. The van der Waals surface area contributed by atoms with E-state index in [0.717, 1.165) is 17.0 Å². The van der Waals surface area contributed by atoms with Gasteiger partial charge in [0.25, 0.3) is 0 Å². The van der Waals surface area contributed by atoms with Crippen molar-refractivity contribution in [3.05, 3.63) is 42.1 Å². The van der Waals surface area contributed by atoms with Gasteiger partial charge in [-0.2, -0.15) is 15.6 Å². The van der Waals surface area contributed by atoms with Gasteiger partial charge in [0.15, 0.2) is 0 Å². The van der Waals surface area contributed by atoms with Crippen LogP contribution in [0, 0.1) is 22.7 Å². The maximum atomic E-state index is 8.70. The third-order valence-electron chi connectivity index (χ3n) is 2.83. The zero-order valence-corrected chi connectivity index (χ0v) is 10.6. The van der Waals surface area contributed by atoms with Crippen molar-refractivity contribution in [3.63, 3.8) is 0 Å². The molecule has 0 aliphatic rings. The maximum absolute atomic E-state index is 8.70. The highest BCUT2D eigenvalue weighted by atomic mass is 15.3. The zero-order chi connectivity index (χ0) is 13.5. The average molecular weight is 250 g/mol. The van der Waals surface area contributed by atoms with Crippen molar-refractivity contribution in [1.29, 1.82) is 10.5 Å². The Labute approximate surface area is 112 Å². The Kier molecular flexibility index (Phi) is 4.31. The van der Waals surface area contributed by atoms with E-state index < -0.39 is 0 Å². The molecule has 19 heavy (non-hydrogen) atoms. The van der Waals surface area contributed by atoms with E-state index in [9.17, 15) is 0 Å². The standard InChI is InChI=1S/C15H14N4/c16-9-4-8-14-12-15(13-6-2-1-3-7-13)19(18-14)11-5-10-17/h1-3,6-7,12H,4-5,8,11H2. The fourth-order valence-corrected chi connectivity index (χ4v) is 1.94. The summed E-state index contributed by atoms with van der Waals surface area (Å²) in [6.45, 7) is 0.577. The van der Waals surface area contributed by atoms with Crippen LogP contribution in [0.1, 0.15) is 18.5 Å². The molecule has 0 N–H and O–H groups in total. The number of rotatable bonds is 5. The van der Waals surface area contributed by atoms with Crippen molar-refractivity contribution >= 4 is 0 Å². The molecule has 4 nitrogen and oxygen atoms in total. The second-order valence-corrected chi connectivity index (χ2v) is 4.18. The Morgan fingerprint density at radius 1 is 1.05 bits per heavy atom. The summed E-state index contributed by atoms with van der Waals surface area (Å²) < 4.78 is 1.85. The molecule has 0 radical (unpaired) electrons. The van der Waals surface area contributed by atoms with E-state index in [0.29, 0.717) is 25.8 Å². The normalized spacial score (nSPS) is 9.79. The minimum atomic E-state index is 0.430. The lowest BCUT2D eigenvalue weighted by atomic mass is 10.1. The molecule has 0 aliphatic heterocycles. The second-order valence-electron chi connectivity index (χ2n) is 4.18. The summed E-state index contributed by atoms with van der Waals surface area (Å²) in [5.41, 5.74) is 2.98. The Balaban J connectivity index is 2.32. The average Bonchev–Trinajstić information content (AvgIpc) is 2.87. The van der Waals surface area contributed by atoms with Crippen LogP contribution in [0.4, 0.5) is 0 Å². The van der Waals surface area contributed by atoms with E-state index >= 15 is 0 Å². The summed E-state index contributed by atoms with van der Waals surface area (Å²) in [5, 5.41) is 21.8. The van der Waals surface area contributed by atoms with Gasteiger partial charge in [-0.25, -0.2) is 0 Å². The van der Waals surface area contributed by atoms with Crippen LogP contribution >= 0.6 is 0 Å². The molecule has 0 spiro atoms. The number of hydrogen-bond donors (Lipinski definition) is 0. The monoisotopic (exact) mass is 250 g/mol. The molecule has 4 heteroatoms. The van der Waals surface area contributed by atoms with E-state index in [1.165, 1.54) is 0 Å². The summed E-state index contributed by atoms with van der Waals surface area (Å²) in [6.07, 6.45) is 1.54. The smallest absolute Gasteiger partial charge is 0.0685 e. The van der Waals surface area contributed by atoms with E-state index in [-0.39, 0.29) is 0 Å². The maximum Gasteiger partial charge on any atom is 0.0685 e. The molecule has 0 saturated carbocycles. The minimum absolute atomic E-state index is 0.430. The van der Waals surface area contributed by atoms with Gasteiger partial charge in [0, 0.05) is 12.8 Å². The highest BCUT2D eigenvalue weighted by Crippen LogP contribution is 2.21. The Bertz CT molecular complexity index is 614. The molecule has 2 rings (SSSR count). The van der Waals surface area contributed by atoms with E-state index in [2.05, 4.69) is 17.2 Å². The first-order valence-corrected chi connectivity index (χ1v) is 6.21. The van der Waals surface area contributed by atoms with Gasteiger partial charge < -0.3 is 0 Å². The van der Waals surface area contributed by atoms with Gasteiger partial charge in [-0.1, -0.05) is 30.3 Å². The van der Waals surface area contributed by atoms with Crippen molar-refractivity contribution in [3.8, 4) is 23.4 Å². The first-order valence-electron chi connectivity index (χ1n) is 6.21. The summed E-state index contributed by atoms with van der Waals surface area (Å²) >= 11 is 0. The lowest BCUT2D eigenvalue weighted by Crippen LogP contribution is -2.02. The van der Waals surface area contributed by atoms with Crippen LogP contribution in [0.15, 0.2) is 36.4 Å². The van der Waals surface area contributed by atoms with Crippen molar-refractivity contribution in [2.45, 2.75) is 25.8 Å². The predicted molar refractivity (Wildman–Crippen MR) is 71.8 cm³/mol. The molecule has 2 aromatic rings. The van der Waals surface area contributed by atoms with E-state index in [4.69, 9.17) is 10.5 Å². The largest absolute Gasteiger partial charge is 0.264 e. The third-order valence-corrected chi connectivity index (χ3v) is 2.83. The number of aryl methyl sites for hydroxylation is 2. The predicted octanol–water partition coefficient (Wildman–Crippen LogP) is 2.92. The van der Waals surface area contributed by atoms with E-state index in [1.54, 1.807) is 0 Å². The van der Waals surface area contributed by atoms with Gasteiger partial charge in [-0.05, 0) is 11.6 Å². The third kappa shape index (κ3) is 3.20. The number of nitriles is 2. The second kappa shape index (κ2) is 6.37. The van der Waals surface area contributed by atoms with Gasteiger partial charge in [0.05, 0.1) is 36.5 Å². The zero-order valence-electron chi connectivity index (χ0n) is 10.6. The molecule has 94 valence electrons. The van der Waals surface area contributed by atoms with Crippen LogP contribution in [-0.2, 0) is 13.0 Å². The Morgan fingerprint density at radius 2 is 1.79 bits per heavy atom. The lowest BCUT2D eigenvalue weighted by Gasteiger charge is -2.04. The number of nitrogens with zero attached hydrogens (tertiary/aromatic N) is 4. The summed E-state index contributed by atoms with van der Waals surface area (Å²) in [4.78, 5) is 0. The highest BCUT2D eigenvalue weighted by molar-refractivity contribution is 5.59. The fourth-order valence-electron chi connectivity index (χ4n) is 1.94. The molecule has 0 aliphatic carbocycles. The van der Waals surface area contributed by atoms with Crippen LogP contribution in [0.3, 0.4) is 0 Å². The molecular weight excluding hydrogens is 236 g/mol. The van der Waals surface area contributed by atoms with Crippen LogP contribution in [0.2, 0.25) is 0 Å². The van der Waals surface area contributed by atoms with Gasteiger partial charge in [0.2, 0.25) is 0 Å². The molecule has 0 atom stereocenters. The molecule has 1 aromatic heterocycles. The quantitative estimate of drug-likeness (QED) is 0.819. The van der Waals surface area contributed by atoms with Crippen LogP contribution in [-0.4, -0.2) is 9.78 Å². The lowest BCUT2D eigenvalue weighted by molar-refractivity contribution is 0.623. The molecular formula is C15H14N4. The minimum Gasteiger partial charge on any atom is -0.264 e. The van der Waals surface area contributed by atoms with Crippen LogP contribution in [0.5, 0.6) is 0 Å². The molecule has 1 aromatic carbocycles. The molecule has 0 saturated heterocycles. The fraction of sp³-hybridized carbons (Fsp3) is 0.267. The van der Waals surface area contributed by atoms with Crippen molar-refractivity contribution in [2.75, 3.05) is 0 Å². The van der Waals surface area contributed by atoms with Crippen LogP contribution in [0.25, 0.3) is 11.3 Å². The Morgan fingerprint density at radius 3 is 2.47 bits per heavy atom. The number of aromatic nitrogens is 2. The summed E-state index contributed by atoms with van der Waals surface area (Å²) in [5.74, 6) is 0. The van der Waals surface area contributed by atoms with Crippen molar-refractivity contribution < 1.29 is 0 Å². The molecule has 0 bridgehead atoms. The molecule has 0 fully saturated rings.